The topological polar surface area (TPSA) is 40.6 Å². The van der Waals surface area contributed by atoms with Gasteiger partial charge in [-0.1, -0.05) is 0 Å². The predicted molar refractivity (Wildman–Crippen MR) is 49.1 cm³/mol. The number of carbonyl (C=O) groups excluding carboxylic acids is 2. The molecular weight excluding hydrogens is 168 g/mol. The van der Waals surface area contributed by atoms with Crippen LogP contribution in [0.5, 0.6) is 0 Å². The van der Waals surface area contributed by atoms with Gasteiger partial charge in [-0.2, -0.15) is 0 Å². The van der Waals surface area contributed by atoms with Crippen LogP contribution >= 0.6 is 0 Å². The second-order valence-corrected chi connectivity index (χ2v) is 3.41. The van der Waals surface area contributed by atoms with Crippen molar-refractivity contribution in [3.05, 3.63) is 0 Å². The minimum Gasteiger partial charge on any atom is -0.344 e. The van der Waals surface area contributed by atoms with E-state index in [-0.39, 0.29) is 17.9 Å². The van der Waals surface area contributed by atoms with Crippen molar-refractivity contribution in [2.45, 2.75) is 25.8 Å². The highest BCUT2D eigenvalue weighted by molar-refractivity contribution is 5.90. The maximum absolute atomic E-state index is 11.7. The van der Waals surface area contributed by atoms with Crippen molar-refractivity contribution in [2.24, 2.45) is 0 Å². The summed E-state index contributed by atoms with van der Waals surface area (Å²) in [5.74, 6) is 0.124. The number of carbonyl (C=O) groups is 2. The number of hydrogen-bond acceptors (Lipinski definition) is 2. The molecule has 13 heavy (non-hydrogen) atoms. The highest BCUT2D eigenvalue weighted by Crippen LogP contribution is 2.17. The molecule has 74 valence electrons. The third-order valence-electron chi connectivity index (χ3n) is 2.63. The molecule has 0 aromatic carbocycles. The van der Waals surface area contributed by atoms with Crippen molar-refractivity contribution in [3.63, 3.8) is 0 Å². The number of rotatable bonds is 2. The molecule has 0 aromatic heterocycles. The standard InChI is InChI=1S/C9H16N2O2/c1-4-10(2)9(13)7-5-6-8(12)11(7)3/h7H,4-6H2,1-3H3. The summed E-state index contributed by atoms with van der Waals surface area (Å²) in [5.41, 5.74) is 0. The Bertz CT molecular complexity index is 228. The van der Waals surface area contributed by atoms with Crippen molar-refractivity contribution in [2.75, 3.05) is 20.6 Å². The molecule has 1 heterocycles. The summed E-state index contributed by atoms with van der Waals surface area (Å²) in [6.45, 7) is 2.62. The molecule has 2 amide bonds. The van der Waals surface area contributed by atoms with Crippen LogP contribution in [-0.2, 0) is 9.59 Å². The lowest BCUT2D eigenvalue weighted by molar-refractivity contribution is -0.139. The van der Waals surface area contributed by atoms with Gasteiger partial charge in [0.15, 0.2) is 0 Å². The normalized spacial score (nSPS) is 22.2. The van der Waals surface area contributed by atoms with E-state index in [1.807, 2.05) is 6.92 Å². The molecule has 0 aliphatic carbocycles. The van der Waals surface area contributed by atoms with Gasteiger partial charge in [0, 0.05) is 27.1 Å². The number of amides is 2. The van der Waals surface area contributed by atoms with E-state index in [0.717, 1.165) is 0 Å². The fraction of sp³-hybridized carbons (Fsp3) is 0.778. The lowest BCUT2D eigenvalue weighted by Crippen LogP contribution is -2.43. The number of likely N-dealkylation sites (tertiary alicyclic amines) is 1. The molecule has 0 bridgehead atoms. The highest BCUT2D eigenvalue weighted by Gasteiger charge is 2.34. The maximum Gasteiger partial charge on any atom is 0.245 e. The minimum absolute atomic E-state index is 0.0517. The molecule has 1 aliphatic rings. The van der Waals surface area contributed by atoms with Crippen molar-refractivity contribution in [1.82, 2.24) is 9.80 Å². The molecule has 1 fully saturated rings. The number of hydrogen-bond donors (Lipinski definition) is 0. The Morgan fingerprint density at radius 2 is 2.31 bits per heavy atom. The largest absolute Gasteiger partial charge is 0.344 e. The van der Waals surface area contributed by atoms with E-state index in [9.17, 15) is 9.59 Å². The summed E-state index contributed by atoms with van der Waals surface area (Å²) in [6, 6.07) is -0.225. The van der Waals surface area contributed by atoms with Crippen LogP contribution in [0, 0.1) is 0 Å². The van der Waals surface area contributed by atoms with E-state index in [0.29, 0.717) is 19.4 Å². The Labute approximate surface area is 78.5 Å². The van der Waals surface area contributed by atoms with Gasteiger partial charge in [0.05, 0.1) is 0 Å². The average molecular weight is 184 g/mol. The van der Waals surface area contributed by atoms with Crippen LogP contribution in [0.3, 0.4) is 0 Å². The Hall–Kier alpha value is -1.06. The van der Waals surface area contributed by atoms with Crippen LogP contribution < -0.4 is 0 Å². The van der Waals surface area contributed by atoms with Crippen molar-refractivity contribution in [1.29, 1.82) is 0 Å². The first-order valence-corrected chi connectivity index (χ1v) is 4.58. The Morgan fingerprint density at radius 1 is 1.69 bits per heavy atom. The summed E-state index contributed by atoms with van der Waals surface area (Å²) in [5, 5.41) is 0. The number of nitrogens with zero attached hydrogens (tertiary/aromatic N) is 2. The first kappa shape index (κ1) is 10.0. The van der Waals surface area contributed by atoms with Gasteiger partial charge in [0.1, 0.15) is 6.04 Å². The van der Waals surface area contributed by atoms with Crippen LogP contribution in [0.4, 0.5) is 0 Å². The van der Waals surface area contributed by atoms with Crippen LogP contribution in [0.1, 0.15) is 19.8 Å². The molecule has 0 N–H and O–H groups in total. The van der Waals surface area contributed by atoms with Crippen LogP contribution in [-0.4, -0.2) is 48.3 Å². The third kappa shape index (κ3) is 1.82. The first-order chi connectivity index (χ1) is 6.07. The van der Waals surface area contributed by atoms with Crippen molar-refractivity contribution < 1.29 is 9.59 Å². The lowest BCUT2D eigenvalue weighted by atomic mass is 10.2. The monoisotopic (exact) mass is 184 g/mol. The van der Waals surface area contributed by atoms with Gasteiger partial charge in [-0.15, -0.1) is 0 Å². The molecular formula is C9H16N2O2. The molecule has 1 rings (SSSR count). The predicted octanol–water partition coefficient (Wildman–Crippen LogP) is 0.0855. The van der Waals surface area contributed by atoms with E-state index >= 15 is 0 Å². The number of likely N-dealkylation sites (N-methyl/N-ethyl adjacent to an activating group) is 2. The third-order valence-corrected chi connectivity index (χ3v) is 2.63. The van der Waals surface area contributed by atoms with E-state index in [2.05, 4.69) is 0 Å². The van der Waals surface area contributed by atoms with Gasteiger partial charge < -0.3 is 9.80 Å². The van der Waals surface area contributed by atoms with Crippen LogP contribution in [0.15, 0.2) is 0 Å². The lowest BCUT2D eigenvalue weighted by Gasteiger charge is -2.24. The zero-order chi connectivity index (χ0) is 10.0. The summed E-state index contributed by atoms with van der Waals surface area (Å²) in [7, 11) is 3.46. The summed E-state index contributed by atoms with van der Waals surface area (Å²) >= 11 is 0. The van der Waals surface area contributed by atoms with E-state index in [1.165, 1.54) is 0 Å². The van der Waals surface area contributed by atoms with Gasteiger partial charge in [-0.05, 0) is 13.3 Å². The molecule has 0 aromatic rings. The summed E-state index contributed by atoms with van der Waals surface area (Å²) in [4.78, 5) is 26.0. The quantitative estimate of drug-likeness (QED) is 0.610. The van der Waals surface area contributed by atoms with Gasteiger partial charge in [0.2, 0.25) is 11.8 Å². The van der Waals surface area contributed by atoms with E-state index < -0.39 is 0 Å². The van der Waals surface area contributed by atoms with E-state index in [1.54, 1.807) is 23.9 Å². The van der Waals surface area contributed by atoms with E-state index in [4.69, 9.17) is 0 Å². The Morgan fingerprint density at radius 3 is 2.69 bits per heavy atom. The van der Waals surface area contributed by atoms with Gasteiger partial charge in [-0.3, -0.25) is 9.59 Å². The van der Waals surface area contributed by atoms with Crippen molar-refractivity contribution >= 4 is 11.8 Å². The SMILES string of the molecule is CCN(C)C(=O)C1CCC(=O)N1C. The smallest absolute Gasteiger partial charge is 0.245 e. The van der Waals surface area contributed by atoms with Gasteiger partial charge in [0.25, 0.3) is 0 Å². The molecule has 1 atom stereocenters. The molecule has 1 aliphatic heterocycles. The second kappa shape index (κ2) is 3.77. The zero-order valence-corrected chi connectivity index (χ0v) is 8.41. The highest BCUT2D eigenvalue weighted by atomic mass is 16.2. The molecule has 0 radical (unpaired) electrons. The van der Waals surface area contributed by atoms with Crippen molar-refractivity contribution in [3.8, 4) is 0 Å². The molecule has 4 heteroatoms. The molecule has 0 saturated carbocycles. The van der Waals surface area contributed by atoms with Gasteiger partial charge in [-0.25, -0.2) is 0 Å². The molecule has 1 saturated heterocycles. The molecule has 0 spiro atoms. The molecule has 1 unspecified atom stereocenters. The fourth-order valence-corrected chi connectivity index (χ4v) is 1.50. The molecule has 4 nitrogen and oxygen atoms in total. The average Bonchev–Trinajstić information content (AvgIpc) is 2.45. The minimum atomic E-state index is -0.225. The fourth-order valence-electron chi connectivity index (χ4n) is 1.50. The zero-order valence-electron chi connectivity index (χ0n) is 8.41. The summed E-state index contributed by atoms with van der Waals surface area (Å²) in [6.07, 6.45) is 1.17. The Kier molecular flexibility index (Phi) is 2.90. The Balaban J connectivity index is 2.63. The first-order valence-electron chi connectivity index (χ1n) is 4.58. The second-order valence-electron chi connectivity index (χ2n) is 3.41. The maximum atomic E-state index is 11.7. The van der Waals surface area contributed by atoms with Gasteiger partial charge >= 0.3 is 0 Å². The summed E-state index contributed by atoms with van der Waals surface area (Å²) < 4.78 is 0. The van der Waals surface area contributed by atoms with Crippen LogP contribution in [0.2, 0.25) is 0 Å². The van der Waals surface area contributed by atoms with Crippen LogP contribution in [0.25, 0.3) is 0 Å².